The number of imide groups is 1. The molecule has 0 saturated carbocycles. The molecule has 0 aliphatic carbocycles. The molecule has 0 N–H and O–H groups in total. The second-order valence-electron chi connectivity index (χ2n) is 4.14. The van der Waals surface area contributed by atoms with Gasteiger partial charge >= 0.3 is 5.97 Å². The van der Waals surface area contributed by atoms with E-state index in [1.54, 1.807) is 0 Å². The van der Waals surface area contributed by atoms with Crippen LogP contribution in [0.1, 0.15) is 6.42 Å². The Kier molecular flexibility index (Phi) is 4.07. The van der Waals surface area contributed by atoms with Crippen molar-refractivity contribution in [3.63, 3.8) is 0 Å². The van der Waals surface area contributed by atoms with E-state index in [9.17, 15) is 24.5 Å². The molecular weight excluding hydrogens is 280 g/mol. The highest BCUT2D eigenvalue weighted by atomic mass is 16.6. The number of rotatable bonds is 5. The van der Waals surface area contributed by atoms with E-state index in [-0.39, 0.29) is 24.4 Å². The highest BCUT2D eigenvalue weighted by Gasteiger charge is 2.23. The molecule has 0 unspecified atom stereocenters. The first-order chi connectivity index (χ1) is 9.97. The van der Waals surface area contributed by atoms with Gasteiger partial charge in [0.1, 0.15) is 5.75 Å². The molecule has 0 atom stereocenters. The number of nitro groups is 1. The molecule has 0 saturated heterocycles. The van der Waals surface area contributed by atoms with Gasteiger partial charge in [0.25, 0.3) is 17.5 Å². The van der Waals surface area contributed by atoms with Crippen LogP contribution in [0.3, 0.4) is 0 Å². The van der Waals surface area contributed by atoms with Crippen molar-refractivity contribution in [3.8, 4) is 5.75 Å². The Balaban J connectivity index is 1.86. The van der Waals surface area contributed by atoms with Crippen LogP contribution in [0, 0.1) is 10.1 Å². The molecule has 21 heavy (non-hydrogen) atoms. The van der Waals surface area contributed by atoms with E-state index in [0.717, 1.165) is 17.1 Å². The largest absolute Gasteiger partial charge is 0.426 e. The summed E-state index contributed by atoms with van der Waals surface area (Å²) in [7, 11) is 0. The Bertz CT molecular complexity index is 617. The third-order valence-electron chi connectivity index (χ3n) is 2.72. The Morgan fingerprint density at radius 1 is 1.14 bits per heavy atom. The van der Waals surface area contributed by atoms with Crippen LogP contribution in [-0.4, -0.2) is 34.2 Å². The summed E-state index contributed by atoms with van der Waals surface area (Å²) < 4.78 is 4.95. The van der Waals surface area contributed by atoms with Crippen molar-refractivity contribution in [1.29, 1.82) is 0 Å². The van der Waals surface area contributed by atoms with Crippen LogP contribution in [0.15, 0.2) is 36.4 Å². The van der Waals surface area contributed by atoms with Gasteiger partial charge < -0.3 is 4.74 Å². The number of hydrogen-bond acceptors (Lipinski definition) is 6. The molecule has 1 aliphatic heterocycles. The van der Waals surface area contributed by atoms with E-state index >= 15 is 0 Å². The Labute approximate surface area is 118 Å². The van der Waals surface area contributed by atoms with Crippen LogP contribution in [-0.2, 0) is 14.4 Å². The summed E-state index contributed by atoms with van der Waals surface area (Å²) in [4.78, 5) is 44.9. The first-order valence-electron chi connectivity index (χ1n) is 5.96. The Hall–Kier alpha value is -3.03. The third-order valence-corrected chi connectivity index (χ3v) is 2.72. The minimum Gasteiger partial charge on any atom is -0.426 e. The maximum atomic E-state index is 11.6. The van der Waals surface area contributed by atoms with Crippen LogP contribution in [0.2, 0.25) is 0 Å². The quantitative estimate of drug-likeness (QED) is 0.261. The fourth-order valence-electron chi connectivity index (χ4n) is 1.67. The van der Waals surface area contributed by atoms with Crippen molar-refractivity contribution in [1.82, 2.24) is 4.90 Å². The van der Waals surface area contributed by atoms with E-state index in [0.29, 0.717) is 0 Å². The van der Waals surface area contributed by atoms with Crippen molar-refractivity contribution < 1.29 is 24.0 Å². The van der Waals surface area contributed by atoms with Crippen molar-refractivity contribution >= 4 is 23.5 Å². The van der Waals surface area contributed by atoms with Crippen LogP contribution < -0.4 is 4.74 Å². The van der Waals surface area contributed by atoms with Gasteiger partial charge in [-0.2, -0.15) is 0 Å². The van der Waals surface area contributed by atoms with Gasteiger partial charge in [0.15, 0.2) is 0 Å². The van der Waals surface area contributed by atoms with Crippen molar-refractivity contribution in [2.24, 2.45) is 0 Å². The molecule has 0 fully saturated rings. The van der Waals surface area contributed by atoms with Crippen molar-refractivity contribution in [3.05, 3.63) is 46.5 Å². The summed E-state index contributed by atoms with van der Waals surface area (Å²) in [6, 6.07) is 5.01. The number of nitrogens with zero attached hydrogens (tertiary/aromatic N) is 2. The van der Waals surface area contributed by atoms with E-state index in [2.05, 4.69) is 0 Å². The van der Waals surface area contributed by atoms with E-state index < -0.39 is 22.7 Å². The summed E-state index contributed by atoms with van der Waals surface area (Å²) in [5.74, 6) is -1.43. The summed E-state index contributed by atoms with van der Waals surface area (Å²) in [5.41, 5.74) is -0.117. The molecule has 1 aromatic carbocycles. The number of carbonyl (C=O) groups excluding carboxylic acids is 3. The van der Waals surface area contributed by atoms with Gasteiger partial charge in [-0.3, -0.25) is 29.4 Å². The van der Waals surface area contributed by atoms with Crippen LogP contribution >= 0.6 is 0 Å². The lowest BCUT2D eigenvalue weighted by atomic mass is 10.3. The Morgan fingerprint density at radius 3 is 2.24 bits per heavy atom. The number of benzene rings is 1. The molecule has 8 nitrogen and oxygen atoms in total. The second-order valence-corrected chi connectivity index (χ2v) is 4.14. The summed E-state index contributed by atoms with van der Waals surface area (Å²) >= 11 is 0. The van der Waals surface area contributed by atoms with Gasteiger partial charge in [0.2, 0.25) is 0 Å². The molecule has 1 aliphatic rings. The fourth-order valence-corrected chi connectivity index (χ4v) is 1.67. The highest BCUT2D eigenvalue weighted by molar-refractivity contribution is 6.13. The zero-order valence-electron chi connectivity index (χ0n) is 10.7. The highest BCUT2D eigenvalue weighted by Crippen LogP contribution is 2.17. The standard InChI is InChI=1S/C13H10N2O6/c16-11-5-6-12(17)14(11)8-7-13(18)21-10-3-1-9(2-4-10)15(19)20/h1-6H,7-8H2. The summed E-state index contributed by atoms with van der Waals surface area (Å²) in [6.07, 6.45) is 2.10. The number of nitro benzene ring substituents is 1. The number of hydrogen-bond donors (Lipinski definition) is 0. The second kappa shape index (κ2) is 5.95. The number of non-ortho nitro benzene ring substituents is 1. The average molecular weight is 290 g/mol. The molecule has 0 spiro atoms. The molecule has 8 heteroatoms. The first-order valence-corrected chi connectivity index (χ1v) is 5.96. The SMILES string of the molecule is O=C(CCN1C(=O)C=CC1=O)Oc1ccc([N+](=O)[O-])cc1. The lowest BCUT2D eigenvalue weighted by Gasteiger charge is -2.12. The van der Waals surface area contributed by atoms with Crippen molar-refractivity contribution in [2.45, 2.75) is 6.42 Å². The normalized spacial score (nSPS) is 13.6. The summed E-state index contributed by atoms with van der Waals surface area (Å²) in [5, 5.41) is 10.5. The smallest absolute Gasteiger partial charge is 0.312 e. The minimum absolute atomic E-state index is 0.0729. The average Bonchev–Trinajstić information content (AvgIpc) is 2.76. The monoisotopic (exact) mass is 290 g/mol. The minimum atomic E-state index is -0.642. The number of amides is 2. The predicted molar refractivity (Wildman–Crippen MR) is 69.2 cm³/mol. The van der Waals surface area contributed by atoms with Crippen LogP contribution in [0.25, 0.3) is 0 Å². The zero-order valence-corrected chi connectivity index (χ0v) is 10.7. The fraction of sp³-hybridized carbons (Fsp3) is 0.154. The molecule has 108 valence electrons. The zero-order chi connectivity index (χ0) is 15.4. The number of carbonyl (C=O) groups is 3. The van der Waals surface area contributed by atoms with Gasteiger partial charge in [0, 0.05) is 30.8 Å². The van der Waals surface area contributed by atoms with Gasteiger partial charge in [0.05, 0.1) is 11.3 Å². The summed E-state index contributed by atoms with van der Waals surface area (Å²) in [6.45, 7) is -0.0729. The van der Waals surface area contributed by atoms with Crippen LogP contribution in [0.4, 0.5) is 5.69 Å². The van der Waals surface area contributed by atoms with E-state index in [1.165, 1.54) is 24.3 Å². The molecule has 1 aromatic rings. The van der Waals surface area contributed by atoms with Gasteiger partial charge in [-0.15, -0.1) is 0 Å². The lowest BCUT2D eigenvalue weighted by Crippen LogP contribution is -2.32. The van der Waals surface area contributed by atoms with Gasteiger partial charge in [-0.25, -0.2) is 0 Å². The molecule has 2 rings (SSSR count). The van der Waals surface area contributed by atoms with Crippen LogP contribution in [0.5, 0.6) is 5.75 Å². The topological polar surface area (TPSA) is 107 Å². The molecule has 2 amide bonds. The predicted octanol–water partition coefficient (Wildman–Crippen LogP) is 0.815. The molecule has 0 aromatic heterocycles. The van der Waals surface area contributed by atoms with Crippen molar-refractivity contribution in [2.75, 3.05) is 6.54 Å². The van der Waals surface area contributed by atoms with Gasteiger partial charge in [-0.05, 0) is 12.1 Å². The number of ether oxygens (including phenoxy) is 1. The van der Waals surface area contributed by atoms with E-state index in [4.69, 9.17) is 4.74 Å². The molecule has 0 bridgehead atoms. The maximum Gasteiger partial charge on any atom is 0.312 e. The maximum absolute atomic E-state index is 11.6. The van der Waals surface area contributed by atoms with E-state index in [1.807, 2.05) is 0 Å². The first kappa shape index (κ1) is 14.4. The Morgan fingerprint density at radius 2 is 1.71 bits per heavy atom. The molecule has 1 heterocycles. The molecular formula is C13H10N2O6. The number of esters is 1. The molecule has 0 radical (unpaired) electrons. The lowest BCUT2D eigenvalue weighted by molar-refractivity contribution is -0.384. The third kappa shape index (κ3) is 3.50. The van der Waals surface area contributed by atoms with Gasteiger partial charge in [-0.1, -0.05) is 0 Å².